The van der Waals surface area contributed by atoms with E-state index in [1.165, 1.54) is 4.57 Å². The molecule has 38 heavy (non-hydrogen) atoms. The van der Waals surface area contributed by atoms with Crippen molar-refractivity contribution in [2.75, 3.05) is 6.54 Å². The lowest BCUT2D eigenvalue weighted by Gasteiger charge is -2.45. The van der Waals surface area contributed by atoms with Crippen LogP contribution in [0.5, 0.6) is 0 Å². The number of carbonyl (C=O) groups is 1. The van der Waals surface area contributed by atoms with E-state index in [2.05, 4.69) is 0 Å². The van der Waals surface area contributed by atoms with E-state index in [0.29, 0.717) is 19.4 Å². The predicted octanol–water partition coefficient (Wildman–Crippen LogP) is 5.25. The SMILES string of the molecule is C[C@@H](c1ccc(-c2ccn(CC(C)(C)O)c(=O)c2)cc1)N1CC[C@](CC(C)(C)O)(c2ccccc2)OC1=O. The molecule has 1 fully saturated rings. The van der Waals surface area contributed by atoms with Crippen LogP contribution >= 0.6 is 0 Å². The molecule has 1 amide bonds. The molecule has 0 saturated carbocycles. The summed E-state index contributed by atoms with van der Waals surface area (Å²) in [7, 11) is 0. The zero-order valence-corrected chi connectivity index (χ0v) is 22.8. The van der Waals surface area contributed by atoms with Gasteiger partial charge in [-0.15, -0.1) is 0 Å². The maximum atomic E-state index is 13.3. The second-order valence-electron chi connectivity index (χ2n) is 11.7. The highest BCUT2D eigenvalue weighted by Crippen LogP contribution is 2.42. The Kier molecular flexibility index (Phi) is 7.55. The lowest BCUT2D eigenvalue weighted by Crippen LogP contribution is -2.51. The van der Waals surface area contributed by atoms with Gasteiger partial charge in [-0.1, -0.05) is 54.6 Å². The van der Waals surface area contributed by atoms with Gasteiger partial charge >= 0.3 is 6.09 Å². The van der Waals surface area contributed by atoms with E-state index < -0.39 is 22.9 Å². The lowest BCUT2D eigenvalue weighted by atomic mass is 9.80. The standard InChI is InChI=1S/C31H38N2O5/c1-22(23-11-13-24(14-12-23)25-15-17-32(27(34)19-25)21-30(4,5)37)33-18-16-31(38-28(33)35,20-29(2,3)36)26-9-7-6-8-10-26/h6-15,17,19,22,36-37H,16,18,20-21H2,1-5H3/t22-,31-/m0/s1. The largest absolute Gasteiger partial charge is 0.438 e. The number of aliphatic hydroxyl groups is 2. The second-order valence-corrected chi connectivity index (χ2v) is 11.7. The molecule has 0 unspecified atom stereocenters. The number of nitrogens with zero attached hydrogens (tertiary/aromatic N) is 2. The molecule has 1 saturated heterocycles. The summed E-state index contributed by atoms with van der Waals surface area (Å²) in [4.78, 5) is 27.6. The third-order valence-corrected chi connectivity index (χ3v) is 7.04. The smallest absolute Gasteiger partial charge is 0.411 e. The van der Waals surface area contributed by atoms with Crippen LogP contribution in [0.25, 0.3) is 11.1 Å². The van der Waals surface area contributed by atoms with Crippen molar-refractivity contribution in [3.05, 3.63) is 94.4 Å². The van der Waals surface area contributed by atoms with Crippen LogP contribution in [0.4, 0.5) is 4.79 Å². The first kappa shape index (κ1) is 27.6. The number of aromatic nitrogens is 1. The van der Waals surface area contributed by atoms with Gasteiger partial charge in [0.05, 0.1) is 23.8 Å². The molecule has 3 aromatic rings. The fourth-order valence-electron chi connectivity index (χ4n) is 5.26. The first-order valence-corrected chi connectivity index (χ1v) is 13.1. The van der Waals surface area contributed by atoms with Crippen molar-refractivity contribution in [2.24, 2.45) is 0 Å². The molecule has 0 spiro atoms. The Morgan fingerprint density at radius 2 is 1.58 bits per heavy atom. The Morgan fingerprint density at radius 1 is 0.921 bits per heavy atom. The summed E-state index contributed by atoms with van der Waals surface area (Å²) >= 11 is 0. The van der Waals surface area contributed by atoms with Crippen LogP contribution in [-0.4, -0.2) is 43.5 Å². The maximum absolute atomic E-state index is 13.3. The molecule has 2 atom stereocenters. The number of ether oxygens (including phenoxy) is 1. The number of rotatable bonds is 8. The molecule has 0 aliphatic carbocycles. The summed E-state index contributed by atoms with van der Waals surface area (Å²) in [6, 6.07) is 20.7. The minimum Gasteiger partial charge on any atom is -0.438 e. The van der Waals surface area contributed by atoms with Crippen molar-refractivity contribution in [1.82, 2.24) is 9.47 Å². The average molecular weight is 519 g/mol. The minimum absolute atomic E-state index is 0.175. The Hall–Kier alpha value is -3.42. The van der Waals surface area contributed by atoms with Gasteiger partial charge in [-0.3, -0.25) is 4.79 Å². The fourth-order valence-corrected chi connectivity index (χ4v) is 5.26. The van der Waals surface area contributed by atoms with Gasteiger partial charge in [-0.25, -0.2) is 4.79 Å². The highest BCUT2D eigenvalue weighted by atomic mass is 16.6. The van der Waals surface area contributed by atoms with Crippen LogP contribution in [0, 0.1) is 0 Å². The van der Waals surface area contributed by atoms with Gasteiger partial charge in [-0.2, -0.15) is 0 Å². The molecule has 2 aromatic carbocycles. The van der Waals surface area contributed by atoms with Gasteiger partial charge in [0.1, 0.15) is 5.60 Å². The molecule has 1 aliphatic rings. The van der Waals surface area contributed by atoms with Gasteiger partial charge in [0.25, 0.3) is 5.56 Å². The normalized spacial score (nSPS) is 19.2. The average Bonchev–Trinajstić information content (AvgIpc) is 2.84. The predicted molar refractivity (Wildman–Crippen MR) is 148 cm³/mol. The highest BCUT2D eigenvalue weighted by Gasteiger charge is 2.46. The summed E-state index contributed by atoms with van der Waals surface area (Å²) in [5, 5.41) is 20.6. The molecule has 7 heteroatoms. The molecule has 7 nitrogen and oxygen atoms in total. The molecule has 0 radical (unpaired) electrons. The fraction of sp³-hybridized carbons (Fsp3) is 0.419. The lowest BCUT2D eigenvalue weighted by molar-refractivity contribution is -0.101. The van der Waals surface area contributed by atoms with Gasteiger partial charge in [0, 0.05) is 31.6 Å². The van der Waals surface area contributed by atoms with E-state index in [0.717, 1.165) is 22.3 Å². The third kappa shape index (κ3) is 6.34. The number of hydrogen-bond acceptors (Lipinski definition) is 5. The second kappa shape index (κ2) is 10.4. The van der Waals surface area contributed by atoms with Gasteiger partial charge in [-0.05, 0) is 62.9 Å². The summed E-state index contributed by atoms with van der Waals surface area (Å²) in [6.07, 6.45) is 2.16. The van der Waals surface area contributed by atoms with Crippen molar-refractivity contribution < 1.29 is 19.7 Å². The number of amides is 1. The first-order chi connectivity index (χ1) is 17.8. The Bertz CT molecular complexity index is 1320. The summed E-state index contributed by atoms with van der Waals surface area (Å²) < 4.78 is 7.61. The monoisotopic (exact) mass is 518 g/mol. The zero-order chi connectivity index (χ0) is 27.7. The number of pyridine rings is 1. The number of carbonyl (C=O) groups excluding carboxylic acids is 1. The Labute approximate surface area is 224 Å². The molecule has 1 aromatic heterocycles. The van der Waals surface area contributed by atoms with Crippen LogP contribution in [0.2, 0.25) is 0 Å². The van der Waals surface area contributed by atoms with Crippen LogP contribution in [0.3, 0.4) is 0 Å². The van der Waals surface area contributed by atoms with Crippen LogP contribution in [0.15, 0.2) is 77.7 Å². The molecule has 2 heterocycles. The van der Waals surface area contributed by atoms with E-state index >= 15 is 0 Å². The van der Waals surface area contributed by atoms with E-state index in [-0.39, 0.29) is 18.1 Å². The first-order valence-electron chi connectivity index (χ1n) is 13.1. The molecule has 2 N–H and O–H groups in total. The number of hydrogen-bond donors (Lipinski definition) is 2. The number of cyclic esters (lactones) is 1. The topological polar surface area (TPSA) is 92.0 Å². The quantitative estimate of drug-likeness (QED) is 0.425. The van der Waals surface area contributed by atoms with Gasteiger partial charge < -0.3 is 24.4 Å². The third-order valence-electron chi connectivity index (χ3n) is 7.04. The van der Waals surface area contributed by atoms with Crippen molar-refractivity contribution >= 4 is 6.09 Å². The molecule has 4 rings (SSSR count). The van der Waals surface area contributed by atoms with E-state index in [4.69, 9.17) is 4.74 Å². The number of benzene rings is 2. The minimum atomic E-state index is -1.01. The summed E-state index contributed by atoms with van der Waals surface area (Å²) in [5.41, 5.74) is 0.476. The Balaban J connectivity index is 1.50. The summed E-state index contributed by atoms with van der Waals surface area (Å²) in [6.45, 7) is 9.48. The van der Waals surface area contributed by atoms with E-state index in [9.17, 15) is 19.8 Å². The van der Waals surface area contributed by atoms with E-state index in [1.54, 1.807) is 44.9 Å². The molecule has 202 valence electrons. The summed E-state index contributed by atoms with van der Waals surface area (Å²) in [5.74, 6) is 0. The van der Waals surface area contributed by atoms with Gasteiger partial charge in [0.2, 0.25) is 0 Å². The molecular formula is C31H38N2O5. The maximum Gasteiger partial charge on any atom is 0.411 e. The van der Waals surface area contributed by atoms with Crippen molar-refractivity contribution in [1.29, 1.82) is 0 Å². The molecule has 0 bridgehead atoms. The van der Waals surface area contributed by atoms with Crippen LogP contribution < -0.4 is 5.56 Å². The zero-order valence-electron chi connectivity index (χ0n) is 22.8. The van der Waals surface area contributed by atoms with Crippen molar-refractivity contribution in [2.45, 2.75) is 76.9 Å². The van der Waals surface area contributed by atoms with E-state index in [1.807, 2.05) is 67.6 Å². The highest BCUT2D eigenvalue weighted by molar-refractivity contribution is 5.70. The Morgan fingerprint density at radius 3 is 2.13 bits per heavy atom. The van der Waals surface area contributed by atoms with Crippen molar-refractivity contribution in [3.8, 4) is 11.1 Å². The van der Waals surface area contributed by atoms with Gasteiger partial charge in [0.15, 0.2) is 0 Å². The van der Waals surface area contributed by atoms with Crippen LogP contribution in [0.1, 0.15) is 64.6 Å². The molecule has 1 aliphatic heterocycles. The van der Waals surface area contributed by atoms with Crippen LogP contribution in [-0.2, 0) is 16.9 Å². The van der Waals surface area contributed by atoms with Crippen molar-refractivity contribution in [3.63, 3.8) is 0 Å². The molecular weight excluding hydrogens is 480 g/mol.